The van der Waals surface area contributed by atoms with Gasteiger partial charge in [0.2, 0.25) is 0 Å². The van der Waals surface area contributed by atoms with Gasteiger partial charge in [-0.15, -0.1) is 0 Å². The van der Waals surface area contributed by atoms with Gasteiger partial charge in [-0.05, 0) is 79.4 Å². The summed E-state index contributed by atoms with van der Waals surface area (Å²) in [5, 5.41) is 20.7. The molecule has 0 radical (unpaired) electrons. The molecule has 4 aliphatic carbocycles. The fourth-order valence-corrected chi connectivity index (χ4v) is 7.66. The highest BCUT2D eigenvalue weighted by atomic mass is 79.9. The highest BCUT2D eigenvalue weighted by Crippen LogP contribution is 2.66. The number of aliphatic hydroxyl groups is 2. The Kier molecular flexibility index (Phi) is 3.51. The molecule has 3 fully saturated rings. The van der Waals surface area contributed by atoms with Crippen molar-refractivity contribution in [1.29, 1.82) is 0 Å². The second-order valence-electron chi connectivity index (χ2n) is 9.03. The summed E-state index contributed by atoms with van der Waals surface area (Å²) in [7, 11) is 0. The summed E-state index contributed by atoms with van der Waals surface area (Å²) in [6.45, 7) is 4.83. The van der Waals surface area contributed by atoms with Crippen LogP contribution in [0.25, 0.3) is 0 Å². The lowest BCUT2D eigenvalue weighted by Crippen LogP contribution is -2.53. The molecule has 124 valence electrons. The zero-order valence-electron chi connectivity index (χ0n) is 13.8. The first-order valence-electron chi connectivity index (χ1n) is 9.11. The third-order valence-corrected chi connectivity index (χ3v) is 9.04. The summed E-state index contributed by atoms with van der Waals surface area (Å²) in [5.41, 5.74) is 0.511. The minimum absolute atomic E-state index is 0.0778. The molecular formula is C19H29BrO2. The Morgan fingerprint density at radius 2 is 1.73 bits per heavy atom. The molecule has 4 aliphatic rings. The minimum atomic E-state index is -0.0778. The number of hydrogen-bond acceptors (Lipinski definition) is 2. The molecule has 22 heavy (non-hydrogen) atoms. The van der Waals surface area contributed by atoms with Crippen LogP contribution in [0.4, 0.5) is 0 Å². The minimum Gasteiger partial charge on any atom is -0.511 e. The van der Waals surface area contributed by atoms with E-state index in [1.165, 1.54) is 32.1 Å². The second-order valence-corrected chi connectivity index (χ2v) is 9.98. The van der Waals surface area contributed by atoms with Crippen LogP contribution in [0.3, 0.4) is 0 Å². The SMILES string of the molecule is C[C@]12CC(Br)=C(O)C[C@@H]1CC[C@@H]1[C@@H]2CC[C@]2(C)[C@@H](O)CC[C@@H]12. The Bertz CT molecular complexity index is 516. The first kappa shape index (κ1) is 15.5. The van der Waals surface area contributed by atoms with Crippen molar-refractivity contribution in [2.24, 2.45) is 34.5 Å². The fraction of sp³-hybridized carbons (Fsp3) is 0.895. The Balaban J connectivity index is 1.67. The van der Waals surface area contributed by atoms with Gasteiger partial charge in [0.25, 0.3) is 0 Å². The van der Waals surface area contributed by atoms with Gasteiger partial charge in [-0.1, -0.05) is 29.8 Å². The van der Waals surface area contributed by atoms with Gasteiger partial charge in [0.05, 0.1) is 6.10 Å². The summed E-state index contributed by atoms with van der Waals surface area (Å²) in [5.74, 6) is 3.52. The third kappa shape index (κ3) is 1.94. The molecule has 0 aromatic carbocycles. The third-order valence-electron chi connectivity index (χ3n) is 8.30. The predicted molar refractivity (Wildman–Crippen MR) is 91.7 cm³/mol. The summed E-state index contributed by atoms with van der Waals surface area (Å²) >= 11 is 3.63. The number of fused-ring (bicyclic) bond motifs is 5. The quantitative estimate of drug-likeness (QED) is 0.619. The van der Waals surface area contributed by atoms with Crippen molar-refractivity contribution in [3.8, 4) is 0 Å². The smallest absolute Gasteiger partial charge is 0.103 e. The van der Waals surface area contributed by atoms with E-state index in [-0.39, 0.29) is 11.5 Å². The van der Waals surface area contributed by atoms with Gasteiger partial charge in [-0.2, -0.15) is 0 Å². The monoisotopic (exact) mass is 368 g/mol. The first-order chi connectivity index (χ1) is 10.4. The van der Waals surface area contributed by atoms with E-state index in [1.807, 2.05) is 0 Å². The van der Waals surface area contributed by atoms with Gasteiger partial charge >= 0.3 is 0 Å². The van der Waals surface area contributed by atoms with Gasteiger partial charge in [-0.3, -0.25) is 0 Å². The fourth-order valence-electron chi connectivity index (χ4n) is 6.90. The molecule has 0 spiro atoms. The molecule has 2 nitrogen and oxygen atoms in total. The van der Waals surface area contributed by atoms with Crippen molar-refractivity contribution in [2.45, 2.75) is 71.3 Å². The second kappa shape index (κ2) is 4.99. The number of halogens is 1. The van der Waals surface area contributed by atoms with E-state index in [9.17, 15) is 10.2 Å². The maximum Gasteiger partial charge on any atom is 0.103 e. The van der Waals surface area contributed by atoms with Crippen LogP contribution in [0, 0.1) is 34.5 Å². The van der Waals surface area contributed by atoms with E-state index in [0.717, 1.165) is 41.5 Å². The maximum atomic E-state index is 10.5. The average Bonchev–Trinajstić information content (AvgIpc) is 2.77. The lowest BCUT2D eigenvalue weighted by Gasteiger charge is -2.59. The van der Waals surface area contributed by atoms with Gasteiger partial charge in [-0.25, -0.2) is 0 Å². The lowest BCUT2D eigenvalue weighted by molar-refractivity contribution is -0.112. The number of rotatable bonds is 0. The van der Waals surface area contributed by atoms with Gasteiger partial charge in [0.1, 0.15) is 5.76 Å². The van der Waals surface area contributed by atoms with Crippen molar-refractivity contribution in [3.63, 3.8) is 0 Å². The average molecular weight is 369 g/mol. The van der Waals surface area contributed by atoms with E-state index >= 15 is 0 Å². The number of hydrogen-bond donors (Lipinski definition) is 2. The van der Waals surface area contributed by atoms with Crippen molar-refractivity contribution >= 4 is 15.9 Å². The molecule has 4 rings (SSSR count). The van der Waals surface area contributed by atoms with E-state index in [2.05, 4.69) is 29.8 Å². The zero-order chi connectivity index (χ0) is 15.7. The predicted octanol–water partition coefficient (Wildman–Crippen LogP) is 5.16. The van der Waals surface area contributed by atoms with Crippen LogP contribution in [-0.2, 0) is 0 Å². The molecule has 3 heteroatoms. The maximum absolute atomic E-state index is 10.5. The van der Waals surface area contributed by atoms with E-state index in [4.69, 9.17) is 0 Å². The summed E-state index contributed by atoms with van der Waals surface area (Å²) < 4.78 is 1.05. The summed E-state index contributed by atoms with van der Waals surface area (Å²) in [4.78, 5) is 0. The van der Waals surface area contributed by atoms with Crippen molar-refractivity contribution in [3.05, 3.63) is 10.2 Å². The number of aliphatic hydroxyl groups excluding tert-OH is 2. The van der Waals surface area contributed by atoms with E-state index in [1.54, 1.807) is 0 Å². The van der Waals surface area contributed by atoms with Crippen molar-refractivity contribution < 1.29 is 10.2 Å². The van der Waals surface area contributed by atoms with Gasteiger partial charge in [0, 0.05) is 10.9 Å². The van der Waals surface area contributed by atoms with E-state index < -0.39 is 0 Å². The van der Waals surface area contributed by atoms with Crippen LogP contribution in [0.15, 0.2) is 10.2 Å². The van der Waals surface area contributed by atoms with Crippen LogP contribution in [0.2, 0.25) is 0 Å². The standard InChI is InChI=1S/C19H29BrO2/c1-18-8-7-14-12(13(18)5-6-17(18)22)4-3-11-9-16(21)15(20)10-19(11,14)2/h11-14,17,21-22H,3-10H2,1-2H3/t11-,12-,13-,14-,17-,18-,19-/m0/s1. The summed E-state index contributed by atoms with van der Waals surface area (Å²) in [6, 6.07) is 0. The van der Waals surface area contributed by atoms with Gasteiger partial charge < -0.3 is 10.2 Å². The molecule has 0 unspecified atom stereocenters. The van der Waals surface area contributed by atoms with Crippen LogP contribution in [0.5, 0.6) is 0 Å². The van der Waals surface area contributed by atoms with Gasteiger partial charge in [0.15, 0.2) is 0 Å². The Morgan fingerprint density at radius 3 is 2.50 bits per heavy atom. The molecule has 2 N–H and O–H groups in total. The largest absolute Gasteiger partial charge is 0.511 e. The molecule has 0 amide bonds. The number of allylic oxidation sites excluding steroid dienone is 2. The van der Waals surface area contributed by atoms with Crippen molar-refractivity contribution in [1.82, 2.24) is 0 Å². The summed E-state index contributed by atoms with van der Waals surface area (Å²) in [6.07, 6.45) is 9.05. The van der Waals surface area contributed by atoms with Crippen LogP contribution in [0.1, 0.15) is 65.2 Å². The molecule has 0 aromatic rings. The molecule has 0 heterocycles. The highest BCUT2D eigenvalue weighted by Gasteiger charge is 2.60. The Morgan fingerprint density at radius 1 is 1.00 bits per heavy atom. The lowest BCUT2D eigenvalue weighted by atomic mass is 9.46. The van der Waals surface area contributed by atoms with Crippen LogP contribution >= 0.6 is 15.9 Å². The highest BCUT2D eigenvalue weighted by molar-refractivity contribution is 9.11. The van der Waals surface area contributed by atoms with Crippen LogP contribution < -0.4 is 0 Å². The molecule has 0 aromatic heterocycles. The molecule has 0 aliphatic heterocycles. The van der Waals surface area contributed by atoms with Crippen LogP contribution in [-0.4, -0.2) is 16.3 Å². The zero-order valence-corrected chi connectivity index (χ0v) is 15.4. The normalized spacial score (nSPS) is 54.6. The molecule has 7 atom stereocenters. The Labute approximate surface area is 142 Å². The molecule has 3 saturated carbocycles. The Hall–Kier alpha value is -0.0200. The molecule has 0 saturated heterocycles. The molecular weight excluding hydrogens is 340 g/mol. The van der Waals surface area contributed by atoms with Crippen molar-refractivity contribution in [2.75, 3.05) is 0 Å². The molecule has 0 bridgehead atoms. The topological polar surface area (TPSA) is 40.5 Å². The van der Waals surface area contributed by atoms with E-state index in [0.29, 0.717) is 17.1 Å². The first-order valence-corrected chi connectivity index (χ1v) is 9.90.